The highest BCUT2D eigenvalue weighted by Gasteiger charge is 2.69. The Kier molecular flexibility index (Phi) is 4.79. The molecule has 3 aromatic rings. The molecule has 8 nitrogen and oxygen atoms in total. The molecule has 0 radical (unpaired) electrons. The van der Waals surface area contributed by atoms with Gasteiger partial charge in [0.25, 0.3) is 5.69 Å². The minimum absolute atomic E-state index is 0.0282. The molecule has 4 heterocycles. The maximum atomic E-state index is 14.2. The van der Waals surface area contributed by atoms with Gasteiger partial charge in [-0.05, 0) is 23.8 Å². The molecule has 9 heteroatoms. The van der Waals surface area contributed by atoms with Gasteiger partial charge in [-0.15, -0.1) is 11.8 Å². The highest BCUT2D eigenvalue weighted by atomic mass is 32.2. The van der Waals surface area contributed by atoms with Gasteiger partial charge in [0.1, 0.15) is 5.54 Å². The number of aromatic nitrogens is 1. The van der Waals surface area contributed by atoms with E-state index >= 15 is 0 Å². The van der Waals surface area contributed by atoms with Crippen LogP contribution in [0.2, 0.25) is 0 Å². The average Bonchev–Trinajstić information content (AvgIpc) is 3.52. The molecule has 1 N–H and O–H groups in total. The number of fused-ring (bicyclic) bond motifs is 4. The van der Waals surface area contributed by atoms with Crippen molar-refractivity contribution in [2.75, 3.05) is 16.9 Å². The van der Waals surface area contributed by atoms with Crippen molar-refractivity contribution in [2.24, 2.45) is 5.92 Å². The van der Waals surface area contributed by atoms with E-state index in [0.717, 1.165) is 11.3 Å². The number of carbonyl (C=O) groups is 2. The van der Waals surface area contributed by atoms with Crippen LogP contribution < -0.4 is 5.32 Å². The van der Waals surface area contributed by atoms with Crippen molar-refractivity contribution in [3.05, 3.63) is 99.9 Å². The van der Waals surface area contributed by atoms with E-state index in [1.54, 1.807) is 42.2 Å². The van der Waals surface area contributed by atoms with Crippen molar-refractivity contribution >= 4 is 34.8 Å². The standard InChI is InChI=1S/C25H20N4O4S/c30-23(16-6-4-10-26-12-16)22-21(15-5-3-7-17(11-15)29(32)33)20-13-34-14-28(20)25(22)18-8-1-2-9-19(18)27-24(25)31/h1-12,20-22H,13-14H2,(H,27,31)/t20-,21-,22-,25-/m1/s1. The first-order chi connectivity index (χ1) is 16.5. The zero-order valence-corrected chi connectivity index (χ0v) is 18.8. The van der Waals surface area contributed by atoms with Gasteiger partial charge in [-0.3, -0.25) is 29.6 Å². The van der Waals surface area contributed by atoms with Gasteiger partial charge in [0.2, 0.25) is 5.91 Å². The number of non-ortho nitro benzene ring substituents is 1. The third-order valence-corrected chi connectivity index (χ3v) is 8.26. The number of carbonyl (C=O) groups excluding carboxylic acids is 2. The van der Waals surface area contributed by atoms with Crippen LogP contribution in [0.15, 0.2) is 73.1 Å². The van der Waals surface area contributed by atoms with Crippen molar-refractivity contribution in [2.45, 2.75) is 17.5 Å². The Morgan fingerprint density at radius 3 is 2.82 bits per heavy atom. The molecule has 1 amide bonds. The number of amides is 1. The quantitative estimate of drug-likeness (QED) is 0.350. The number of Topliss-reactive ketones (excluding diaryl/α,β-unsaturated/α-hetero) is 1. The largest absolute Gasteiger partial charge is 0.324 e. The summed E-state index contributed by atoms with van der Waals surface area (Å²) in [6.07, 6.45) is 3.13. The number of rotatable bonds is 4. The van der Waals surface area contributed by atoms with Crippen molar-refractivity contribution in [3.63, 3.8) is 0 Å². The van der Waals surface area contributed by atoms with Crippen LogP contribution in [-0.2, 0) is 10.3 Å². The van der Waals surface area contributed by atoms with Gasteiger partial charge in [-0.2, -0.15) is 0 Å². The molecule has 0 bridgehead atoms. The second-order valence-electron chi connectivity index (χ2n) is 8.76. The Hall–Kier alpha value is -3.56. The van der Waals surface area contributed by atoms with Gasteiger partial charge in [-0.25, -0.2) is 0 Å². The number of hydrogen-bond donors (Lipinski definition) is 1. The Morgan fingerprint density at radius 2 is 2.03 bits per heavy atom. The van der Waals surface area contributed by atoms with Crippen LogP contribution in [0.5, 0.6) is 0 Å². The molecular formula is C25H20N4O4S. The second-order valence-corrected chi connectivity index (χ2v) is 9.76. The minimum Gasteiger partial charge on any atom is -0.324 e. The summed E-state index contributed by atoms with van der Waals surface area (Å²) in [5.74, 6) is -0.268. The molecule has 2 aromatic carbocycles. The van der Waals surface area contributed by atoms with E-state index in [0.29, 0.717) is 22.7 Å². The number of benzene rings is 2. The Balaban J connectivity index is 1.62. The molecule has 0 saturated carbocycles. The van der Waals surface area contributed by atoms with E-state index in [2.05, 4.69) is 15.2 Å². The fourth-order valence-electron chi connectivity index (χ4n) is 5.94. The summed E-state index contributed by atoms with van der Waals surface area (Å²) in [5, 5.41) is 14.6. The number of nitrogens with one attached hydrogen (secondary N) is 1. The van der Waals surface area contributed by atoms with Crippen LogP contribution in [0.1, 0.15) is 27.4 Å². The number of thioether (sulfide) groups is 1. The number of hydrogen-bond acceptors (Lipinski definition) is 7. The molecule has 0 unspecified atom stereocenters. The number of nitro benzene ring substituents is 1. The first kappa shape index (κ1) is 21.0. The summed E-state index contributed by atoms with van der Waals surface area (Å²) in [5.41, 5.74) is 1.37. The van der Waals surface area contributed by atoms with Crippen LogP contribution in [-0.4, -0.2) is 44.2 Å². The van der Waals surface area contributed by atoms with E-state index in [4.69, 9.17) is 0 Å². The van der Waals surface area contributed by atoms with Crippen LogP contribution in [0, 0.1) is 16.0 Å². The van der Waals surface area contributed by atoms with E-state index < -0.39 is 22.3 Å². The number of ketones is 1. The Labute approximate surface area is 199 Å². The molecule has 3 aliphatic rings. The molecule has 1 spiro atoms. The fraction of sp³-hybridized carbons (Fsp3) is 0.240. The van der Waals surface area contributed by atoms with Gasteiger partial charge >= 0.3 is 0 Å². The normalized spacial score (nSPS) is 27.4. The zero-order valence-electron chi connectivity index (χ0n) is 18.0. The summed E-state index contributed by atoms with van der Waals surface area (Å²) < 4.78 is 0. The first-order valence-corrected chi connectivity index (χ1v) is 12.1. The monoisotopic (exact) mass is 472 g/mol. The average molecular weight is 473 g/mol. The van der Waals surface area contributed by atoms with Gasteiger partial charge < -0.3 is 5.32 Å². The predicted octanol–water partition coefficient (Wildman–Crippen LogP) is 3.81. The summed E-state index contributed by atoms with van der Waals surface area (Å²) in [6.45, 7) is 0. The van der Waals surface area contributed by atoms with E-state index in [1.807, 2.05) is 30.3 Å². The van der Waals surface area contributed by atoms with Crippen molar-refractivity contribution < 1.29 is 14.5 Å². The molecule has 170 valence electrons. The third-order valence-electron chi connectivity index (χ3n) is 7.22. The summed E-state index contributed by atoms with van der Waals surface area (Å²) in [7, 11) is 0. The van der Waals surface area contributed by atoms with Crippen LogP contribution >= 0.6 is 11.8 Å². The van der Waals surface area contributed by atoms with Gasteiger partial charge in [-0.1, -0.05) is 30.3 Å². The number of anilines is 1. The zero-order chi connectivity index (χ0) is 23.4. The lowest BCUT2D eigenvalue weighted by molar-refractivity contribution is -0.384. The molecule has 2 fully saturated rings. The van der Waals surface area contributed by atoms with E-state index in [-0.39, 0.29) is 23.4 Å². The molecule has 2 saturated heterocycles. The number of para-hydroxylation sites is 1. The highest BCUT2D eigenvalue weighted by molar-refractivity contribution is 7.99. The van der Waals surface area contributed by atoms with Crippen LogP contribution in [0.4, 0.5) is 11.4 Å². The SMILES string of the molecule is O=C(c1cccnc1)[C@H]1[C@H](c2cccc([N+](=O)[O-])c2)[C@H]2CSCN2[C@@]12C(=O)Nc1ccccc12. The van der Waals surface area contributed by atoms with Crippen molar-refractivity contribution in [1.82, 2.24) is 9.88 Å². The Bertz CT molecular complexity index is 1330. The summed E-state index contributed by atoms with van der Waals surface area (Å²) in [6, 6.07) is 17.3. The molecule has 3 aliphatic heterocycles. The van der Waals surface area contributed by atoms with E-state index in [1.165, 1.54) is 12.3 Å². The topological polar surface area (TPSA) is 105 Å². The highest BCUT2D eigenvalue weighted by Crippen LogP contribution is 2.61. The molecular weight excluding hydrogens is 452 g/mol. The summed E-state index contributed by atoms with van der Waals surface area (Å²) >= 11 is 1.71. The smallest absolute Gasteiger partial charge is 0.269 e. The van der Waals surface area contributed by atoms with Crippen LogP contribution in [0.3, 0.4) is 0 Å². The molecule has 4 atom stereocenters. The number of pyridine rings is 1. The maximum Gasteiger partial charge on any atom is 0.269 e. The number of nitrogens with zero attached hydrogens (tertiary/aromatic N) is 3. The predicted molar refractivity (Wildman–Crippen MR) is 128 cm³/mol. The van der Waals surface area contributed by atoms with Crippen LogP contribution in [0.25, 0.3) is 0 Å². The Morgan fingerprint density at radius 1 is 1.18 bits per heavy atom. The second kappa shape index (κ2) is 7.75. The van der Waals surface area contributed by atoms with Crippen molar-refractivity contribution in [3.8, 4) is 0 Å². The summed E-state index contributed by atoms with van der Waals surface area (Å²) in [4.78, 5) is 45.5. The molecule has 34 heavy (non-hydrogen) atoms. The number of nitro groups is 1. The lowest BCUT2D eigenvalue weighted by Gasteiger charge is -2.36. The lowest BCUT2D eigenvalue weighted by atomic mass is 9.69. The van der Waals surface area contributed by atoms with Crippen molar-refractivity contribution in [1.29, 1.82) is 0 Å². The first-order valence-electron chi connectivity index (χ1n) is 11.0. The maximum absolute atomic E-state index is 14.2. The minimum atomic E-state index is -1.20. The van der Waals surface area contributed by atoms with E-state index in [9.17, 15) is 19.7 Å². The third kappa shape index (κ3) is 2.80. The van der Waals surface area contributed by atoms with Gasteiger partial charge in [0, 0.05) is 64.9 Å². The molecule has 0 aliphatic carbocycles. The molecule has 6 rings (SSSR count). The molecule has 1 aromatic heterocycles. The lowest BCUT2D eigenvalue weighted by Crippen LogP contribution is -2.52. The fourth-order valence-corrected chi connectivity index (χ4v) is 7.26. The van der Waals surface area contributed by atoms with Gasteiger partial charge in [0.15, 0.2) is 5.78 Å². The van der Waals surface area contributed by atoms with Gasteiger partial charge in [0.05, 0.1) is 10.8 Å².